The SMILES string of the molecule is O=C(O)c1cc(F)ncc1OC1CC1. The summed E-state index contributed by atoms with van der Waals surface area (Å²) in [4.78, 5) is 14.0. The predicted molar refractivity (Wildman–Crippen MR) is 44.8 cm³/mol. The van der Waals surface area contributed by atoms with Crippen molar-refractivity contribution in [3.8, 4) is 5.75 Å². The van der Waals surface area contributed by atoms with Gasteiger partial charge in [0.05, 0.1) is 12.3 Å². The molecule has 0 bridgehead atoms. The highest BCUT2D eigenvalue weighted by molar-refractivity contribution is 5.90. The fraction of sp³-hybridized carbons (Fsp3) is 0.333. The Kier molecular flexibility index (Phi) is 2.07. The number of carbonyl (C=O) groups is 1. The number of hydrogen-bond donors (Lipinski definition) is 1. The van der Waals surface area contributed by atoms with Crippen molar-refractivity contribution in [3.05, 3.63) is 23.8 Å². The second-order valence-electron chi connectivity index (χ2n) is 3.13. The lowest BCUT2D eigenvalue weighted by atomic mass is 10.2. The van der Waals surface area contributed by atoms with Crippen molar-refractivity contribution in [2.75, 3.05) is 0 Å². The Bertz CT molecular complexity index is 376. The second-order valence-corrected chi connectivity index (χ2v) is 3.13. The van der Waals surface area contributed by atoms with Gasteiger partial charge >= 0.3 is 5.97 Å². The zero-order chi connectivity index (χ0) is 10.1. The molecule has 5 heteroatoms. The van der Waals surface area contributed by atoms with Crippen molar-refractivity contribution in [2.24, 2.45) is 0 Å². The van der Waals surface area contributed by atoms with Crippen LogP contribution in [-0.2, 0) is 0 Å². The van der Waals surface area contributed by atoms with Gasteiger partial charge in [-0.15, -0.1) is 0 Å². The minimum absolute atomic E-state index is 0.0698. The van der Waals surface area contributed by atoms with E-state index >= 15 is 0 Å². The maximum atomic E-state index is 12.6. The van der Waals surface area contributed by atoms with E-state index in [0.717, 1.165) is 25.1 Å². The van der Waals surface area contributed by atoms with Crippen molar-refractivity contribution >= 4 is 5.97 Å². The molecule has 14 heavy (non-hydrogen) atoms. The van der Waals surface area contributed by atoms with Crippen molar-refractivity contribution in [2.45, 2.75) is 18.9 Å². The lowest BCUT2D eigenvalue weighted by Crippen LogP contribution is -2.06. The lowest BCUT2D eigenvalue weighted by Gasteiger charge is -2.06. The highest BCUT2D eigenvalue weighted by Crippen LogP contribution is 2.28. The number of ether oxygens (including phenoxy) is 1. The van der Waals surface area contributed by atoms with Gasteiger partial charge in [0, 0.05) is 6.07 Å². The van der Waals surface area contributed by atoms with Gasteiger partial charge in [0.15, 0.2) is 5.75 Å². The molecule has 74 valence electrons. The summed E-state index contributed by atoms with van der Waals surface area (Å²) in [5.74, 6) is -1.88. The van der Waals surface area contributed by atoms with Gasteiger partial charge in [-0.2, -0.15) is 4.39 Å². The van der Waals surface area contributed by atoms with Gasteiger partial charge in [-0.25, -0.2) is 9.78 Å². The number of aromatic nitrogens is 1. The van der Waals surface area contributed by atoms with Crippen LogP contribution in [0.5, 0.6) is 5.75 Å². The Morgan fingerprint density at radius 3 is 2.93 bits per heavy atom. The molecule has 1 saturated carbocycles. The molecular weight excluding hydrogens is 189 g/mol. The summed E-state index contributed by atoms with van der Waals surface area (Å²) >= 11 is 0. The summed E-state index contributed by atoms with van der Waals surface area (Å²) < 4.78 is 17.9. The number of halogens is 1. The van der Waals surface area contributed by atoms with Crippen LogP contribution < -0.4 is 4.74 Å². The van der Waals surface area contributed by atoms with Crippen molar-refractivity contribution in [3.63, 3.8) is 0 Å². The Hall–Kier alpha value is -1.65. The molecule has 1 aromatic heterocycles. The lowest BCUT2D eigenvalue weighted by molar-refractivity contribution is 0.0691. The second kappa shape index (κ2) is 3.25. The molecular formula is C9H8FNO3. The average Bonchev–Trinajstić information content (AvgIpc) is 2.91. The van der Waals surface area contributed by atoms with E-state index in [1.54, 1.807) is 0 Å². The first kappa shape index (κ1) is 8.93. The molecule has 0 radical (unpaired) electrons. The van der Waals surface area contributed by atoms with Crippen LogP contribution in [0.15, 0.2) is 12.3 Å². The molecule has 1 N–H and O–H groups in total. The van der Waals surface area contributed by atoms with Crippen LogP contribution in [0.1, 0.15) is 23.2 Å². The van der Waals surface area contributed by atoms with E-state index < -0.39 is 11.9 Å². The van der Waals surface area contributed by atoms with Crippen molar-refractivity contribution in [1.82, 2.24) is 4.98 Å². The highest BCUT2D eigenvalue weighted by Gasteiger charge is 2.26. The molecule has 0 aliphatic heterocycles. The fourth-order valence-corrected chi connectivity index (χ4v) is 1.04. The maximum absolute atomic E-state index is 12.6. The third-order valence-corrected chi connectivity index (χ3v) is 1.88. The predicted octanol–water partition coefficient (Wildman–Crippen LogP) is 1.46. The van der Waals surface area contributed by atoms with Crippen LogP contribution in [0.2, 0.25) is 0 Å². The molecule has 0 atom stereocenters. The van der Waals surface area contributed by atoms with Crippen LogP contribution >= 0.6 is 0 Å². The molecule has 1 heterocycles. The van der Waals surface area contributed by atoms with Crippen LogP contribution in [0.4, 0.5) is 4.39 Å². The van der Waals surface area contributed by atoms with Gasteiger partial charge in [-0.1, -0.05) is 0 Å². The van der Waals surface area contributed by atoms with E-state index in [0.29, 0.717) is 0 Å². The molecule has 0 saturated heterocycles. The van der Waals surface area contributed by atoms with E-state index in [4.69, 9.17) is 9.84 Å². The van der Waals surface area contributed by atoms with E-state index in [1.165, 1.54) is 0 Å². The van der Waals surface area contributed by atoms with Gasteiger partial charge in [0.1, 0.15) is 5.56 Å². The molecule has 1 aliphatic carbocycles. The van der Waals surface area contributed by atoms with Gasteiger partial charge < -0.3 is 9.84 Å². The molecule has 1 aromatic rings. The topological polar surface area (TPSA) is 59.4 Å². The first-order valence-corrected chi connectivity index (χ1v) is 4.22. The summed E-state index contributed by atoms with van der Waals surface area (Å²) in [5, 5.41) is 8.75. The number of pyridine rings is 1. The quantitative estimate of drug-likeness (QED) is 0.745. The van der Waals surface area contributed by atoms with Crippen LogP contribution in [0.25, 0.3) is 0 Å². The normalized spacial score (nSPS) is 15.2. The Morgan fingerprint density at radius 1 is 1.64 bits per heavy atom. The first-order valence-electron chi connectivity index (χ1n) is 4.22. The Morgan fingerprint density at radius 2 is 2.36 bits per heavy atom. The van der Waals surface area contributed by atoms with E-state index in [9.17, 15) is 9.18 Å². The van der Waals surface area contributed by atoms with E-state index in [-0.39, 0.29) is 17.4 Å². The van der Waals surface area contributed by atoms with Crippen LogP contribution in [0.3, 0.4) is 0 Å². The molecule has 1 fully saturated rings. The maximum Gasteiger partial charge on any atom is 0.339 e. The number of hydrogen-bond acceptors (Lipinski definition) is 3. The van der Waals surface area contributed by atoms with Gasteiger partial charge in [0.25, 0.3) is 0 Å². The summed E-state index contributed by atoms with van der Waals surface area (Å²) in [6.07, 6.45) is 3.00. The smallest absolute Gasteiger partial charge is 0.339 e. The van der Waals surface area contributed by atoms with E-state index in [1.807, 2.05) is 0 Å². The average molecular weight is 197 g/mol. The molecule has 0 amide bonds. The third-order valence-electron chi connectivity index (χ3n) is 1.88. The Balaban J connectivity index is 2.31. The molecule has 0 spiro atoms. The largest absolute Gasteiger partial charge is 0.488 e. The van der Waals surface area contributed by atoms with Crippen molar-refractivity contribution in [1.29, 1.82) is 0 Å². The first-order chi connectivity index (χ1) is 6.66. The van der Waals surface area contributed by atoms with E-state index in [2.05, 4.69) is 4.98 Å². The number of nitrogens with zero attached hydrogens (tertiary/aromatic N) is 1. The summed E-state index contributed by atoms with van der Waals surface area (Å²) in [5.41, 5.74) is -0.176. The summed E-state index contributed by atoms with van der Waals surface area (Å²) in [6.45, 7) is 0. The van der Waals surface area contributed by atoms with Gasteiger partial charge in [-0.3, -0.25) is 0 Å². The molecule has 1 aliphatic rings. The zero-order valence-electron chi connectivity index (χ0n) is 7.24. The minimum atomic E-state index is -1.21. The van der Waals surface area contributed by atoms with Gasteiger partial charge in [-0.05, 0) is 12.8 Å². The standard InChI is InChI=1S/C9H8FNO3/c10-8-3-6(9(12)13)7(4-11-8)14-5-1-2-5/h3-5H,1-2H2,(H,12,13). The van der Waals surface area contributed by atoms with Crippen LogP contribution in [0, 0.1) is 5.95 Å². The number of aromatic carboxylic acids is 1. The molecule has 4 nitrogen and oxygen atoms in total. The van der Waals surface area contributed by atoms with Crippen LogP contribution in [-0.4, -0.2) is 22.2 Å². The fourth-order valence-electron chi connectivity index (χ4n) is 1.04. The van der Waals surface area contributed by atoms with Crippen molar-refractivity contribution < 1.29 is 19.0 Å². The number of carboxylic acids is 1. The third kappa shape index (κ3) is 1.81. The molecule has 0 aromatic carbocycles. The highest BCUT2D eigenvalue weighted by atomic mass is 19.1. The zero-order valence-corrected chi connectivity index (χ0v) is 7.24. The summed E-state index contributed by atoms with van der Waals surface area (Å²) in [7, 11) is 0. The molecule has 2 rings (SSSR count). The van der Waals surface area contributed by atoms with Gasteiger partial charge in [0.2, 0.25) is 5.95 Å². The summed E-state index contributed by atoms with van der Waals surface area (Å²) in [6, 6.07) is 0.861. The number of rotatable bonds is 3. The minimum Gasteiger partial charge on any atom is -0.488 e. The number of carboxylic acid groups (broad SMARTS) is 1. The molecule has 0 unspecified atom stereocenters. The monoisotopic (exact) mass is 197 g/mol. The Labute approximate surface area is 79.3 Å².